The molecule has 0 bridgehead atoms. The number of aromatic nitrogens is 1. The first kappa shape index (κ1) is 19.2. The lowest BCUT2D eigenvalue weighted by atomic mass is 10.3. The third-order valence-corrected chi connectivity index (χ3v) is 5.09. The summed E-state index contributed by atoms with van der Waals surface area (Å²) in [7, 11) is -3.73. The number of oxazole rings is 1. The Hall–Kier alpha value is -2.56. The van der Waals surface area contributed by atoms with Crippen molar-refractivity contribution in [2.24, 2.45) is 5.14 Å². The molecule has 10 heteroatoms. The number of rotatable bonds is 8. The molecule has 27 heavy (non-hydrogen) atoms. The molecule has 1 heterocycles. The molecule has 8 nitrogen and oxygen atoms in total. The normalized spacial score (nSPS) is 11.4. The van der Waals surface area contributed by atoms with Crippen molar-refractivity contribution in [3.05, 3.63) is 48.5 Å². The van der Waals surface area contributed by atoms with Crippen LogP contribution in [-0.4, -0.2) is 38.3 Å². The van der Waals surface area contributed by atoms with Crippen molar-refractivity contribution in [2.75, 3.05) is 19.0 Å². The minimum atomic E-state index is -3.73. The standard InChI is InChI=1S/C17H16N2O6S2/c18-27(21,22)13-7-5-12(6-8-13)23-9-10-24-16(20)11-26-17-19-14-3-1-2-4-15(14)25-17/h1-8H,9-11H2,(H2,18,21,22). The fraction of sp³-hybridized carbons (Fsp3) is 0.176. The molecule has 0 saturated carbocycles. The summed E-state index contributed by atoms with van der Waals surface area (Å²) in [5.74, 6) is 0.0883. The molecule has 0 atom stereocenters. The molecule has 142 valence electrons. The van der Waals surface area contributed by atoms with Crippen molar-refractivity contribution in [1.29, 1.82) is 0 Å². The lowest BCUT2D eigenvalue weighted by Gasteiger charge is -2.07. The van der Waals surface area contributed by atoms with E-state index in [1.807, 2.05) is 18.2 Å². The van der Waals surface area contributed by atoms with E-state index in [0.29, 0.717) is 16.6 Å². The van der Waals surface area contributed by atoms with Crippen LogP contribution in [0.25, 0.3) is 11.1 Å². The third-order valence-electron chi connectivity index (χ3n) is 3.36. The van der Waals surface area contributed by atoms with Gasteiger partial charge in [0.2, 0.25) is 10.0 Å². The number of esters is 1. The second-order valence-electron chi connectivity index (χ2n) is 5.32. The number of thioether (sulfide) groups is 1. The van der Waals surface area contributed by atoms with E-state index in [0.717, 1.165) is 17.3 Å². The Morgan fingerprint density at radius 2 is 1.85 bits per heavy atom. The van der Waals surface area contributed by atoms with Gasteiger partial charge in [-0.2, -0.15) is 0 Å². The molecule has 0 aliphatic carbocycles. The molecule has 3 aromatic rings. The lowest BCUT2D eigenvalue weighted by molar-refractivity contribution is -0.141. The topological polar surface area (TPSA) is 122 Å². The van der Waals surface area contributed by atoms with Crippen LogP contribution in [0.15, 0.2) is 63.1 Å². The molecule has 0 amide bonds. The van der Waals surface area contributed by atoms with Gasteiger partial charge in [-0.25, -0.2) is 18.5 Å². The molecule has 1 aromatic heterocycles. The number of sulfonamides is 1. The summed E-state index contributed by atoms with van der Waals surface area (Å²) in [6.45, 7) is 0.192. The molecular formula is C17H16N2O6S2. The van der Waals surface area contributed by atoms with Crippen molar-refractivity contribution in [1.82, 2.24) is 4.98 Å². The van der Waals surface area contributed by atoms with Crippen LogP contribution >= 0.6 is 11.8 Å². The number of hydrogen-bond acceptors (Lipinski definition) is 8. The molecule has 0 radical (unpaired) electrons. The fourth-order valence-electron chi connectivity index (χ4n) is 2.12. The minimum absolute atomic E-state index is 0.00232. The van der Waals surface area contributed by atoms with Crippen LogP contribution in [0.5, 0.6) is 5.75 Å². The van der Waals surface area contributed by atoms with Gasteiger partial charge in [0.1, 0.15) is 30.2 Å². The molecular weight excluding hydrogens is 392 g/mol. The zero-order chi connectivity index (χ0) is 19.3. The number of carbonyl (C=O) groups excluding carboxylic acids is 1. The second-order valence-corrected chi connectivity index (χ2v) is 7.81. The first-order valence-electron chi connectivity index (χ1n) is 7.81. The molecule has 0 spiro atoms. The van der Waals surface area contributed by atoms with E-state index >= 15 is 0 Å². The molecule has 0 aliphatic rings. The number of carbonyl (C=O) groups is 1. The summed E-state index contributed by atoms with van der Waals surface area (Å²) in [6, 6.07) is 13.0. The SMILES string of the molecule is NS(=O)(=O)c1ccc(OCCOC(=O)CSc2nc3ccccc3o2)cc1. The second kappa shape index (κ2) is 8.42. The number of primary sulfonamides is 1. The van der Waals surface area contributed by atoms with Gasteiger partial charge in [-0.05, 0) is 36.4 Å². The van der Waals surface area contributed by atoms with E-state index in [9.17, 15) is 13.2 Å². The Kier molecular flexibility index (Phi) is 5.99. The summed E-state index contributed by atoms with van der Waals surface area (Å²) in [5, 5.41) is 5.42. The van der Waals surface area contributed by atoms with Crippen LogP contribution in [0.2, 0.25) is 0 Å². The maximum Gasteiger partial charge on any atom is 0.316 e. The van der Waals surface area contributed by atoms with E-state index in [4.69, 9.17) is 19.0 Å². The summed E-state index contributed by atoms with van der Waals surface area (Å²) >= 11 is 1.15. The summed E-state index contributed by atoms with van der Waals surface area (Å²) < 4.78 is 38.3. The first-order chi connectivity index (χ1) is 12.9. The van der Waals surface area contributed by atoms with Crippen LogP contribution in [0, 0.1) is 0 Å². The third kappa shape index (κ3) is 5.46. The molecule has 0 unspecified atom stereocenters. The highest BCUT2D eigenvalue weighted by molar-refractivity contribution is 7.99. The zero-order valence-electron chi connectivity index (χ0n) is 14.0. The minimum Gasteiger partial charge on any atom is -0.490 e. The van der Waals surface area contributed by atoms with Gasteiger partial charge in [-0.15, -0.1) is 0 Å². The van der Waals surface area contributed by atoms with Gasteiger partial charge in [-0.3, -0.25) is 4.79 Å². The molecule has 0 saturated heterocycles. The smallest absolute Gasteiger partial charge is 0.316 e. The van der Waals surface area contributed by atoms with E-state index in [1.165, 1.54) is 24.3 Å². The maximum atomic E-state index is 11.7. The molecule has 3 rings (SSSR count). The quantitative estimate of drug-likeness (QED) is 0.342. The highest BCUT2D eigenvalue weighted by Crippen LogP contribution is 2.23. The average molecular weight is 408 g/mol. The predicted octanol–water partition coefficient (Wildman–Crippen LogP) is 2.19. The van der Waals surface area contributed by atoms with Gasteiger partial charge in [0.05, 0.1) is 4.90 Å². The molecule has 0 fully saturated rings. The number of para-hydroxylation sites is 2. The number of fused-ring (bicyclic) bond motifs is 1. The highest BCUT2D eigenvalue weighted by Gasteiger charge is 2.10. The number of nitrogens with two attached hydrogens (primary N) is 1. The van der Waals surface area contributed by atoms with E-state index < -0.39 is 16.0 Å². The molecule has 2 aromatic carbocycles. The fourth-order valence-corrected chi connectivity index (χ4v) is 3.27. The lowest BCUT2D eigenvalue weighted by Crippen LogP contribution is -2.14. The van der Waals surface area contributed by atoms with Gasteiger partial charge < -0.3 is 13.9 Å². The van der Waals surface area contributed by atoms with Crippen LogP contribution in [0.4, 0.5) is 0 Å². The maximum absolute atomic E-state index is 11.7. The largest absolute Gasteiger partial charge is 0.490 e. The van der Waals surface area contributed by atoms with Gasteiger partial charge in [0.15, 0.2) is 5.58 Å². The number of hydrogen-bond donors (Lipinski definition) is 1. The van der Waals surface area contributed by atoms with Gasteiger partial charge >= 0.3 is 5.97 Å². The summed E-state index contributed by atoms with van der Waals surface area (Å²) in [5.41, 5.74) is 1.39. The Bertz CT molecular complexity index is 998. The average Bonchev–Trinajstić information content (AvgIpc) is 3.06. The Morgan fingerprint density at radius 1 is 1.11 bits per heavy atom. The van der Waals surface area contributed by atoms with Crippen LogP contribution in [0.1, 0.15) is 0 Å². The summed E-state index contributed by atoms with van der Waals surface area (Å²) in [4.78, 5) is 16.0. The van der Waals surface area contributed by atoms with Crippen LogP contribution in [-0.2, 0) is 19.6 Å². The summed E-state index contributed by atoms with van der Waals surface area (Å²) in [6.07, 6.45) is 0. The van der Waals surface area contributed by atoms with Gasteiger partial charge in [-0.1, -0.05) is 23.9 Å². The molecule has 0 aliphatic heterocycles. The Balaban J connectivity index is 1.38. The van der Waals surface area contributed by atoms with Crippen molar-refractivity contribution >= 4 is 38.9 Å². The van der Waals surface area contributed by atoms with Crippen molar-refractivity contribution < 1.29 is 27.1 Å². The number of ether oxygens (including phenoxy) is 2. The van der Waals surface area contributed by atoms with E-state index in [2.05, 4.69) is 4.98 Å². The Morgan fingerprint density at radius 3 is 2.56 bits per heavy atom. The van der Waals surface area contributed by atoms with Crippen LogP contribution < -0.4 is 9.88 Å². The number of nitrogens with zero attached hydrogens (tertiary/aromatic N) is 1. The van der Waals surface area contributed by atoms with Crippen LogP contribution in [0.3, 0.4) is 0 Å². The van der Waals surface area contributed by atoms with Gasteiger partial charge in [0, 0.05) is 0 Å². The number of benzene rings is 2. The first-order valence-corrected chi connectivity index (χ1v) is 10.3. The Labute approximate surface area is 159 Å². The van der Waals surface area contributed by atoms with E-state index in [1.54, 1.807) is 6.07 Å². The highest BCUT2D eigenvalue weighted by atomic mass is 32.2. The predicted molar refractivity (Wildman–Crippen MR) is 99.0 cm³/mol. The van der Waals surface area contributed by atoms with Gasteiger partial charge in [0.25, 0.3) is 5.22 Å². The van der Waals surface area contributed by atoms with E-state index in [-0.39, 0.29) is 23.9 Å². The van der Waals surface area contributed by atoms with Crippen molar-refractivity contribution in [3.63, 3.8) is 0 Å². The molecule has 2 N–H and O–H groups in total. The zero-order valence-corrected chi connectivity index (χ0v) is 15.7. The van der Waals surface area contributed by atoms with Crippen molar-refractivity contribution in [3.8, 4) is 5.75 Å². The monoisotopic (exact) mass is 408 g/mol. The van der Waals surface area contributed by atoms with Crippen molar-refractivity contribution in [2.45, 2.75) is 10.1 Å².